The monoisotopic (exact) mass is 394 g/mol. The van der Waals surface area contributed by atoms with Crippen molar-refractivity contribution in [3.05, 3.63) is 76.0 Å². The van der Waals surface area contributed by atoms with Crippen molar-refractivity contribution in [1.29, 1.82) is 0 Å². The lowest BCUT2D eigenvalue weighted by atomic mass is 10.1. The highest BCUT2D eigenvalue weighted by atomic mass is 19.1. The molecule has 150 valence electrons. The van der Waals surface area contributed by atoms with E-state index >= 15 is 0 Å². The standard InChI is InChI=1S/C21H23FN6O/c22-15-5-2-6-16-17(15)19(23)18(21(29)27-16)20(24)26-13-3-1-4-14(8-7-13)28-11-9-25-10-12-28/h1-8,14,25H,9-12H2,(H2,24,26)(H3,23,27,29). The number of hydrogen-bond acceptors (Lipinski definition) is 5. The molecule has 1 unspecified atom stereocenters. The van der Waals surface area contributed by atoms with Crippen LogP contribution >= 0.6 is 0 Å². The number of hydrogen-bond donors (Lipinski definition) is 4. The van der Waals surface area contributed by atoms with Crippen molar-refractivity contribution in [3.63, 3.8) is 0 Å². The van der Waals surface area contributed by atoms with E-state index < -0.39 is 11.4 Å². The molecule has 1 aromatic heterocycles. The summed E-state index contributed by atoms with van der Waals surface area (Å²) in [6, 6.07) is 4.55. The minimum atomic E-state index is -0.527. The van der Waals surface area contributed by atoms with Crippen molar-refractivity contribution in [3.8, 4) is 0 Å². The van der Waals surface area contributed by atoms with Crippen LogP contribution in [0.3, 0.4) is 0 Å². The van der Waals surface area contributed by atoms with Crippen LogP contribution in [0.25, 0.3) is 10.9 Å². The number of aromatic nitrogens is 1. The highest BCUT2D eigenvalue weighted by Crippen LogP contribution is 2.24. The quantitative estimate of drug-likeness (QED) is 0.462. The second-order valence-electron chi connectivity index (χ2n) is 7.01. The average molecular weight is 394 g/mol. The molecule has 1 atom stereocenters. The summed E-state index contributed by atoms with van der Waals surface area (Å²) in [5.41, 5.74) is 12.6. The Hall–Kier alpha value is -3.23. The third-order valence-electron chi connectivity index (χ3n) is 5.15. The predicted octanol–water partition coefficient (Wildman–Crippen LogP) is 1.24. The molecule has 1 aromatic carbocycles. The molecule has 1 saturated heterocycles. The van der Waals surface area contributed by atoms with Gasteiger partial charge >= 0.3 is 0 Å². The number of halogens is 1. The number of nitrogens with zero attached hydrogens (tertiary/aromatic N) is 2. The first kappa shape index (κ1) is 19.1. The molecule has 0 bridgehead atoms. The molecule has 2 aliphatic rings. The zero-order valence-electron chi connectivity index (χ0n) is 15.9. The summed E-state index contributed by atoms with van der Waals surface area (Å²) in [5, 5.41) is 3.47. The number of fused-ring (bicyclic) bond motifs is 1. The highest BCUT2D eigenvalue weighted by molar-refractivity contribution is 6.08. The van der Waals surface area contributed by atoms with Gasteiger partial charge in [-0.15, -0.1) is 0 Å². The Kier molecular flexibility index (Phi) is 5.28. The van der Waals surface area contributed by atoms with Gasteiger partial charge in [0.15, 0.2) is 0 Å². The first-order chi connectivity index (χ1) is 14.0. The number of pyridine rings is 1. The van der Waals surface area contributed by atoms with E-state index in [-0.39, 0.29) is 28.5 Å². The van der Waals surface area contributed by atoms with Gasteiger partial charge in [0.2, 0.25) is 0 Å². The van der Waals surface area contributed by atoms with Gasteiger partial charge in [0.05, 0.1) is 22.3 Å². The number of anilines is 1. The second-order valence-corrected chi connectivity index (χ2v) is 7.01. The summed E-state index contributed by atoms with van der Waals surface area (Å²) >= 11 is 0. The lowest BCUT2D eigenvalue weighted by Crippen LogP contribution is -2.47. The molecule has 1 aliphatic heterocycles. The van der Waals surface area contributed by atoms with E-state index in [2.05, 4.69) is 26.3 Å². The van der Waals surface area contributed by atoms with Gasteiger partial charge in [0, 0.05) is 32.2 Å². The fourth-order valence-electron chi connectivity index (χ4n) is 3.67. The van der Waals surface area contributed by atoms with E-state index in [9.17, 15) is 9.18 Å². The van der Waals surface area contributed by atoms with Crippen molar-refractivity contribution < 1.29 is 4.39 Å². The molecular weight excluding hydrogens is 371 g/mol. The van der Waals surface area contributed by atoms with Crippen LogP contribution < -0.4 is 22.3 Å². The number of piperazine rings is 1. The molecule has 8 heteroatoms. The van der Waals surface area contributed by atoms with Gasteiger partial charge in [-0.25, -0.2) is 9.38 Å². The maximum atomic E-state index is 14.2. The van der Waals surface area contributed by atoms with Crippen molar-refractivity contribution in [2.45, 2.75) is 6.04 Å². The van der Waals surface area contributed by atoms with Crippen LogP contribution in [-0.4, -0.2) is 47.9 Å². The number of rotatable bonds is 3. The Balaban J connectivity index is 1.66. The summed E-state index contributed by atoms with van der Waals surface area (Å²) in [6.07, 6.45) is 9.74. The molecule has 7 nitrogen and oxygen atoms in total. The van der Waals surface area contributed by atoms with Crippen molar-refractivity contribution in [1.82, 2.24) is 15.2 Å². The Labute approximate surface area is 167 Å². The minimum absolute atomic E-state index is 0.0180. The number of aliphatic imine (C=N–C) groups is 1. The van der Waals surface area contributed by atoms with Gasteiger partial charge in [0.1, 0.15) is 17.2 Å². The third kappa shape index (κ3) is 3.85. The number of aromatic amines is 1. The van der Waals surface area contributed by atoms with Crippen molar-refractivity contribution in [2.24, 2.45) is 10.7 Å². The van der Waals surface area contributed by atoms with Crippen LogP contribution in [0.4, 0.5) is 10.1 Å². The molecule has 2 heterocycles. The number of benzene rings is 1. The number of allylic oxidation sites excluding steroid dienone is 3. The van der Waals surface area contributed by atoms with Gasteiger partial charge < -0.3 is 21.8 Å². The van der Waals surface area contributed by atoms with Crippen LogP contribution in [0.2, 0.25) is 0 Å². The fourth-order valence-corrected chi connectivity index (χ4v) is 3.67. The molecule has 0 radical (unpaired) electrons. The first-order valence-corrected chi connectivity index (χ1v) is 9.50. The maximum Gasteiger partial charge on any atom is 0.261 e. The molecular formula is C21H23FN6O. The van der Waals surface area contributed by atoms with Gasteiger partial charge in [-0.1, -0.05) is 24.3 Å². The maximum absolute atomic E-state index is 14.2. The lowest BCUT2D eigenvalue weighted by Gasteiger charge is -2.31. The van der Waals surface area contributed by atoms with E-state index in [1.54, 1.807) is 6.07 Å². The number of nitrogens with one attached hydrogen (secondary N) is 2. The van der Waals surface area contributed by atoms with Crippen LogP contribution in [-0.2, 0) is 0 Å². The number of H-pyrrole nitrogens is 1. The first-order valence-electron chi connectivity index (χ1n) is 9.50. The van der Waals surface area contributed by atoms with E-state index in [4.69, 9.17) is 11.5 Å². The summed E-state index contributed by atoms with van der Waals surface area (Å²) in [5.74, 6) is -0.584. The Morgan fingerprint density at radius 2 is 2.03 bits per heavy atom. The van der Waals surface area contributed by atoms with Crippen molar-refractivity contribution >= 4 is 22.4 Å². The van der Waals surface area contributed by atoms with Gasteiger partial charge in [-0.05, 0) is 24.3 Å². The molecule has 29 heavy (non-hydrogen) atoms. The molecule has 0 amide bonds. The van der Waals surface area contributed by atoms with E-state index in [1.165, 1.54) is 12.1 Å². The summed E-state index contributed by atoms with van der Waals surface area (Å²) in [4.78, 5) is 21.8. The van der Waals surface area contributed by atoms with E-state index in [1.807, 2.05) is 24.3 Å². The number of nitrogen functional groups attached to an aromatic ring is 1. The Morgan fingerprint density at radius 3 is 2.83 bits per heavy atom. The SMILES string of the molecule is NC(=NC1=CC=CC(N2CCNCC2)C=C1)c1c(N)c2c(F)cccc2[nH]c1=O. The Bertz CT molecular complexity index is 1110. The summed E-state index contributed by atoms with van der Waals surface area (Å²) in [7, 11) is 0. The smallest absolute Gasteiger partial charge is 0.261 e. The fraction of sp³-hybridized carbons (Fsp3) is 0.238. The summed E-state index contributed by atoms with van der Waals surface area (Å²) < 4.78 is 14.2. The number of nitrogens with two attached hydrogens (primary N) is 2. The molecule has 6 N–H and O–H groups in total. The molecule has 4 rings (SSSR count). The van der Waals surface area contributed by atoms with Crippen LogP contribution in [0.15, 0.2) is 64.1 Å². The minimum Gasteiger partial charge on any atom is -0.397 e. The van der Waals surface area contributed by atoms with Gasteiger partial charge in [0.25, 0.3) is 5.56 Å². The van der Waals surface area contributed by atoms with Gasteiger partial charge in [-0.3, -0.25) is 9.69 Å². The normalized spacial score (nSPS) is 20.7. The second kappa shape index (κ2) is 8.02. The zero-order valence-corrected chi connectivity index (χ0v) is 15.9. The largest absolute Gasteiger partial charge is 0.397 e. The zero-order chi connectivity index (χ0) is 20.4. The summed E-state index contributed by atoms with van der Waals surface area (Å²) in [6.45, 7) is 3.86. The molecule has 0 spiro atoms. The predicted molar refractivity (Wildman–Crippen MR) is 114 cm³/mol. The van der Waals surface area contributed by atoms with E-state index in [0.717, 1.165) is 26.2 Å². The van der Waals surface area contributed by atoms with Crippen molar-refractivity contribution in [2.75, 3.05) is 31.9 Å². The van der Waals surface area contributed by atoms with Crippen LogP contribution in [0.1, 0.15) is 5.56 Å². The highest BCUT2D eigenvalue weighted by Gasteiger charge is 2.18. The Morgan fingerprint density at radius 1 is 1.24 bits per heavy atom. The third-order valence-corrected chi connectivity index (χ3v) is 5.15. The molecule has 1 fully saturated rings. The molecule has 2 aromatic rings. The topological polar surface area (TPSA) is 113 Å². The van der Waals surface area contributed by atoms with Crippen LogP contribution in [0, 0.1) is 5.82 Å². The number of amidine groups is 1. The van der Waals surface area contributed by atoms with E-state index in [0.29, 0.717) is 11.2 Å². The average Bonchev–Trinajstić information content (AvgIpc) is 2.94. The lowest BCUT2D eigenvalue weighted by molar-refractivity contribution is 0.228. The molecule has 0 saturated carbocycles. The van der Waals surface area contributed by atoms with Crippen LogP contribution in [0.5, 0.6) is 0 Å². The van der Waals surface area contributed by atoms with Gasteiger partial charge in [-0.2, -0.15) is 0 Å². The molecule has 1 aliphatic carbocycles.